The summed E-state index contributed by atoms with van der Waals surface area (Å²) in [7, 11) is 0. The molecule has 0 saturated carbocycles. The fourth-order valence-electron chi connectivity index (χ4n) is 1.82. The Morgan fingerprint density at radius 1 is 1.17 bits per heavy atom. The van der Waals surface area contributed by atoms with Crippen LogP contribution in [0.5, 0.6) is 0 Å². The lowest BCUT2D eigenvalue weighted by molar-refractivity contribution is -0.558. The number of carbonyl (C=O) groups excluding carboxylic acids is 1. The van der Waals surface area contributed by atoms with Gasteiger partial charge in [-0.1, -0.05) is 12.1 Å². The van der Waals surface area contributed by atoms with Gasteiger partial charge in [0.1, 0.15) is 0 Å². The Morgan fingerprint density at radius 2 is 1.67 bits per heavy atom. The Labute approximate surface area is 100 Å². The van der Waals surface area contributed by atoms with Crippen molar-refractivity contribution >= 4 is 11.6 Å². The quantitative estimate of drug-likeness (QED) is 0.448. The van der Waals surface area contributed by atoms with E-state index in [1.165, 1.54) is 24.3 Å². The van der Waals surface area contributed by atoms with Gasteiger partial charge in [-0.15, -0.1) is 0 Å². The third kappa shape index (κ3) is 1.71. The van der Waals surface area contributed by atoms with Crippen LogP contribution in [0.25, 0.3) is 0 Å². The molecule has 1 heterocycles. The first-order valence-corrected chi connectivity index (χ1v) is 4.89. The molecule has 1 saturated heterocycles. The maximum absolute atomic E-state index is 11.2. The van der Waals surface area contributed by atoms with E-state index in [0.717, 1.165) is 4.90 Å². The third-order valence-corrected chi connectivity index (χ3v) is 2.63. The van der Waals surface area contributed by atoms with Crippen molar-refractivity contribution < 1.29 is 14.6 Å². The second kappa shape index (κ2) is 3.95. The lowest BCUT2D eigenvalue weighted by Crippen LogP contribution is -2.17. The summed E-state index contributed by atoms with van der Waals surface area (Å²) >= 11 is 0. The van der Waals surface area contributed by atoms with Gasteiger partial charge in [0.05, 0.1) is 21.1 Å². The molecule has 18 heavy (non-hydrogen) atoms. The molecule has 0 aromatic heterocycles. The second-order valence-corrected chi connectivity index (χ2v) is 3.69. The first-order chi connectivity index (χ1) is 8.45. The average molecular weight is 252 g/mol. The molecule has 0 bridgehead atoms. The number of para-hydroxylation sites is 1. The highest BCUT2D eigenvalue weighted by Gasteiger charge is 2.69. The van der Waals surface area contributed by atoms with Crippen LogP contribution in [-0.4, -0.2) is 28.1 Å². The molecule has 1 fully saturated rings. The molecule has 1 aromatic carbocycles. The van der Waals surface area contributed by atoms with Gasteiger partial charge in [-0.3, -0.25) is 25.0 Å². The predicted octanol–water partition coefficient (Wildman–Crippen LogP) is -0.189. The normalized spacial score (nSPS) is 21.4. The van der Waals surface area contributed by atoms with Crippen LogP contribution in [0.1, 0.15) is 10.4 Å². The Hall–Kier alpha value is -2.71. The van der Waals surface area contributed by atoms with E-state index in [4.69, 9.17) is 5.73 Å². The van der Waals surface area contributed by atoms with E-state index in [0.29, 0.717) is 0 Å². The van der Waals surface area contributed by atoms with Crippen LogP contribution in [-0.2, 0) is 0 Å². The maximum atomic E-state index is 11.2. The summed E-state index contributed by atoms with van der Waals surface area (Å²) in [4.78, 5) is 32.0. The van der Waals surface area contributed by atoms with Crippen LogP contribution in [0.3, 0.4) is 0 Å². The molecule has 0 spiro atoms. The van der Waals surface area contributed by atoms with Crippen LogP contribution in [0.4, 0.5) is 5.69 Å². The minimum atomic E-state index is -1.46. The van der Waals surface area contributed by atoms with Crippen LogP contribution in [0, 0.1) is 20.2 Å². The topological polar surface area (TPSA) is 132 Å². The van der Waals surface area contributed by atoms with Crippen LogP contribution in [0.15, 0.2) is 24.3 Å². The van der Waals surface area contributed by atoms with Gasteiger partial charge in [-0.05, 0) is 12.1 Å². The summed E-state index contributed by atoms with van der Waals surface area (Å²) in [6, 6.07) is 5.80. The van der Waals surface area contributed by atoms with Crippen LogP contribution in [0.2, 0.25) is 0 Å². The van der Waals surface area contributed by atoms with Crippen molar-refractivity contribution in [3.8, 4) is 0 Å². The number of anilines is 1. The van der Waals surface area contributed by atoms with Crippen molar-refractivity contribution in [3.63, 3.8) is 0 Å². The zero-order chi connectivity index (χ0) is 13.4. The molecular formula is C9H8N4O5. The van der Waals surface area contributed by atoms with E-state index in [1.807, 2.05) is 0 Å². The van der Waals surface area contributed by atoms with Crippen molar-refractivity contribution in [2.75, 3.05) is 4.90 Å². The van der Waals surface area contributed by atoms with Crippen molar-refractivity contribution in [2.24, 2.45) is 5.73 Å². The molecule has 1 aromatic rings. The van der Waals surface area contributed by atoms with E-state index in [-0.39, 0.29) is 11.3 Å². The number of amides is 1. The minimum absolute atomic E-state index is 0.0219. The smallest absolute Gasteiger partial charge is 0.366 e. The molecule has 0 radical (unpaired) electrons. The van der Waals surface area contributed by atoms with Crippen LogP contribution >= 0.6 is 0 Å². The molecule has 1 aliphatic heterocycles. The highest BCUT2D eigenvalue weighted by Crippen LogP contribution is 2.37. The second-order valence-electron chi connectivity index (χ2n) is 3.69. The fourth-order valence-corrected chi connectivity index (χ4v) is 1.82. The summed E-state index contributed by atoms with van der Waals surface area (Å²) in [6.07, 6.45) is -2.92. The van der Waals surface area contributed by atoms with E-state index >= 15 is 0 Å². The summed E-state index contributed by atoms with van der Waals surface area (Å²) in [6.45, 7) is 0. The SMILES string of the molecule is NC(=O)c1ccccc1N1C([N+](=O)[O-])C1[N+](=O)[O-]. The Balaban J connectivity index is 2.41. The lowest BCUT2D eigenvalue weighted by Gasteiger charge is -2.05. The predicted molar refractivity (Wildman–Crippen MR) is 59.0 cm³/mol. The molecule has 9 heteroatoms. The highest BCUT2D eigenvalue weighted by atomic mass is 16.7. The maximum Gasteiger partial charge on any atom is 0.379 e. The highest BCUT2D eigenvalue weighted by molar-refractivity contribution is 5.99. The molecule has 2 unspecified atom stereocenters. The van der Waals surface area contributed by atoms with Crippen molar-refractivity contribution in [1.29, 1.82) is 0 Å². The molecule has 9 nitrogen and oxygen atoms in total. The summed E-state index contributed by atoms with van der Waals surface area (Å²) in [5.41, 5.74) is 5.24. The fraction of sp³-hybridized carbons (Fsp3) is 0.222. The van der Waals surface area contributed by atoms with E-state index < -0.39 is 28.1 Å². The number of primary amides is 1. The van der Waals surface area contributed by atoms with Gasteiger partial charge in [0.15, 0.2) is 0 Å². The lowest BCUT2D eigenvalue weighted by atomic mass is 10.1. The van der Waals surface area contributed by atoms with E-state index in [2.05, 4.69) is 0 Å². The van der Waals surface area contributed by atoms with Crippen molar-refractivity contribution in [1.82, 2.24) is 0 Å². The Bertz CT molecular complexity index is 526. The van der Waals surface area contributed by atoms with Gasteiger partial charge >= 0.3 is 12.3 Å². The first-order valence-electron chi connectivity index (χ1n) is 4.89. The van der Waals surface area contributed by atoms with E-state index in [9.17, 15) is 25.0 Å². The van der Waals surface area contributed by atoms with Gasteiger partial charge in [0.25, 0.3) is 5.91 Å². The number of rotatable bonds is 4. The molecular weight excluding hydrogens is 244 g/mol. The standard InChI is InChI=1S/C9H8N4O5/c10-7(14)5-3-1-2-4-6(5)11-8(12(15)16)9(11)13(17)18/h1-4,8-9H,(H2,10,14). The zero-order valence-electron chi connectivity index (χ0n) is 8.92. The average Bonchev–Trinajstić information content (AvgIpc) is 3.04. The van der Waals surface area contributed by atoms with Crippen LogP contribution < -0.4 is 10.6 Å². The number of carbonyl (C=O) groups is 1. The Kier molecular flexibility index (Phi) is 2.58. The summed E-state index contributed by atoms with van der Waals surface area (Å²) in [5, 5.41) is 21.4. The number of nitrogens with zero attached hydrogens (tertiary/aromatic N) is 3. The molecule has 2 N–H and O–H groups in total. The molecule has 2 rings (SSSR count). The first kappa shape index (κ1) is 11.8. The number of hydrogen-bond donors (Lipinski definition) is 1. The third-order valence-electron chi connectivity index (χ3n) is 2.63. The minimum Gasteiger partial charge on any atom is -0.366 e. The number of benzene rings is 1. The summed E-state index contributed by atoms with van der Waals surface area (Å²) in [5.74, 6) is -0.790. The van der Waals surface area contributed by atoms with Gasteiger partial charge in [-0.25, -0.2) is 4.90 Å². The number of hydrogen-bond acceptors (Lipinski definition) is 6. The van der Waals surface area contributed by atoms with Gasteiger partial charge in [0.2, 0.25) is 0 Å². The Morgan fingerprint density at radius 3 is 2.11 bits per heavy atom. The van der Waals surface area contributed by atoms with Gasteiger partial charge in [0, 0.05) is 0 Å². The zero-order valence-corrected chi connectivity index (χ0v) is 8.92. The molecule has 1 aliphatic rings. The monoisotopic (exact) mass is 252 g/mol. The van der Waals surface area contributed by atoms with E-state index in [1.54, 1.807) is 0 Å². The largest absolute Gasteiger partial charge is 0.379 e. The number of nitro groups is 2. The van der Waals surface area contributed by atoms with Gasteiger partial charge < -0.3 is 5.73 Å². The molecule has 0 aliphatic carbocycles. The molecule has 1 amide bonds. The molecule has 2 atom stereocenters. The number of nitrogens with two attached hydrogens (primary N) is 1. The van der Waals surface area contributed by atoms with Gasteiger partial charge in [-0.2, -0.15) is 0 Å². The van der Waals surface area contributed by atoms with Crippen molar-refractivity contribution in [3.05, 3.63) is 50.1 Å². The van der Waals surface area contributed by atoms with Crippen molar-refractivity contribution in [2.45, 2.75) is 12.3 Å². The summed E-state index contributed by atoms with van der Waals surface area (Å²) < 4.78 is 0. The molecule has 94 valence electrons.